The van der Waals surface area contributed by atoms with Crippen molar-refractivity contribution in [3.63, 3.8) is 0 Å². The maximum absolute atomic E-state index is 5.88. The van der Waals surface area contributed by atoms with Crippen LogP contribution >= 0.6 is 38.9 Å². The third-order valence-electron chi connectivity index (χ3n) is 1.88. The van der Waals surface area contributed by atoms with Crippen molar-refractivity contribution in [3.05, 3.63) is 39.1 Å². The van der Waals surface area contributed by atoms with Gasteiger partial charge in [0.2, 0.25) is 0 Å². The van der Waals surface area contributed by atoms with Gasteiger partial charge in [0.25, 0.3) is 0 Å². The highest BCUT2D eigenvalue weighted by Gasteiger charge is 2.07. The second kappa shape index (κ2) is 3.93. The average Bonchev–Trinajstić information content (AvgIpc) is 2.52. The summed E-state index contributed by atoms with van der Waals surface area (Å²) in [4.78, 5) is 1.14. The van der Waals surface area contributed by atoms with Crippen LogP contribution in [0.4, 0.5) is 5.69 Å². The van der Waals surface area contributed by atoms with Crippen LogP contribution in [-0.4, -0.2) is 0 Å². The molecule has 0 spiro atoms. The Labute approximate surface area is 99.6 Å². The molecule has 0 saturated heterocycles. The lowest BCUT2D eigenvalue weighted by Gasteiger charge is -2.04. The molecule has 0 amide bonds. The van der Waals surface area contributed by atoms with Crippen molar-refractivity contribution < 1.29 is 0 Å². The Hall–Kier alpha value is -0.510. The summed E-state index contributed by atoms with van der Waals surface area (Å²) in [5.41, 5.74) is 7.62. The topological polar surface area (TPSA) is 26.0 Å². The number of thiophene rings is 1. The summed E-state index contributed by atoms with van der Waals surface area (Å²) in [6.07, 6.45) is 0. The molecule has 4 heteroatoms. The van der Waals surface area contributed by atoms with Crippen molar-refractivity contribution in [2.24, 2.45) is 0 Å². The van der Waals surface area contributed by atoms with E-state index in [1.54, 1.807) is 17.4 Å². The smallest absolute Gasteiger partial charge is 0.0505 e. The van der Waals surface area contributed by atoms with Crippen molar-refractivity contribution >= 4 is 44.6 Å². The monoisotopic (exact) mass is 287 g/mol. The second-order valence-corrected chi connectivity index (χ2v) is 5.04. The molecule has 0 aliphatic rings. The zero-order chi connectivity index (χ0) is 10.1. The van der Waals surface area contributed by atoms with Crippen molar-refractivity contribution in [3.8, 4) is 10.4 Å². The molecule has 1 heterocycles. The Balaban J connectivity index is 2.58. The van der Waals surface area contributed by atoms with Crippen LogP contribution < -0.4 is 5.73 Å². The lowest BCUT2D eigenvalue weighted by molar-refractivity contribution is 1.66. The summed E-state index contributed by atoms with van der Waals surface area (Å²) in [5, 5.41) is 2.69. The first-order chi connectivity index (χ1) is 6.68. The van der Waals surface area contributed by atoms with Gasteiger partial charge in [-0.15, -0.1) is 11.3 Å². The first kappa shape index (κ1) is 10.0. The Morgan fingerprint density at radius 3 is 2.64 bits per heavy atom. The van der Waals surface area contributed by atoms with E-state index in [1.807, 2.05) is 23.6 Å². The fraction of sp³-hybridized carbons (Fsp3) is 0. The van der Waals surface area contributed by atoms with Crippen LogP contribution in [0.15, 0.2) is 34.1 Å². The first-order valence-electron chi connectivity index (χ1n) is 3.97. The molecule has 0 saturated carbocycles. The maximum Gasteiger partial charge on any atom is 0.0505 e. The van der Waals surface area contributed by atoms with E-state index in [0.717, 1.165) is 14.9 Å². The summed E-state index contributed by atoms with van der Waals surface area (Å²) in [7, 11) is 0. The summed E-state index contributed by atoms with van der Waals surface area (Å²) in [5.74, 6) is 0. The van der Waals surface area contributed by atoms with E-state index >= 15 is 0 Å². The van der Waals surface area contributed by atoms with E-state index < -0.39 is 0 Å². The molecule has 0 radical (unpaired) electrons. The molecule has 0 unspecified atom stereocenters. The number of halogens is 2. The largest absolute Gasteiger partial charge is 0.398 e. The van der Waals surface area contributed by atoms with Gasteiger partial charge in [0.1, 0.15) is 0 Å². The zero-order valence-electron chi connectivity index (χ0n) is 7.13. The fourth-order valence-corrected chi connectivity index (χ4v) is 3.04. The molecule has 0 aliphatic heterocycles. The lowest BCUT2D eigenvalue weighted by atomic mass is 10.1. The van der Waals surface area contributed by atoms with Gasteiger partial charge in [0.15, 0.2) is 0 Å². The van der Waals surface area contributed by atoms with Crippen LogP contribution in [0.25, 0.3) is 10.4 Å². The highest BCUT2D eigenvalue weighted by Crippen LogP contribution is 2.37. The normalized spacial score (nSPS) is 10.4. The molecule has 2 rings (SSSR count). The van der Waals surface area contributed by atoms with E-state index in [-0.39, 0.29) is 0 Å². The summed E-state index contributed by atoms with van der Waals surface area (Å²) < 4.78 is 1.07. The van der Waals surface area contributed by atoms with Crippen molar-refractivity contribution in [2.45, 2.75) is 0 Å². The van der Waals surface area contributed by atoms with Gasteiger partial charge in [-0.2, -0.15) is 0 Å². The molecule has 2 aromatic rings. The Morgan fingerprint density at radius 2 is 2.07 bits per heavy atom. The van der Waals surface area contributed by atoms with Gasteiger partial charge in [0, 0.05) is 20.7 Å². The zero-order valence-corrected chi connectivity index (χ0v) is 10.3. The van der Waals surface area contributed by atoms with Crippen LogP contribution in [0.5, 0.6) is 0 Å². The molecule has 1 aromatic carbocycles. The number of hydrogen-bond acceptors (Lipinski definition) is 2. The van der Waals surface area contributed by atoms with Gasteiger partial charge in [-0.25, -0.2) is 0 Å². The molecule has 0 fully saturated rings. The molecule has 0 atom stereocenters. The van der Waals surface area contributed by atoms with E-state index in [2.05, 4.69) is 15.9 Å². The van der Waals surface area contributed by atoms with Crippen molar-refractivity contribution in [1.82, 2.24) is 0 Å². The van der Waals surface area contributed by atoms with Crippen molar-refractivity contribution in [1.29, 1.82) is 0 Å². The minimum atomic E-state index is 0.666. The number of anilines is 1. The van der Waals surface area contributed by atoms with Gasteiger partial charge in [-0.1, -0.05) is 11.6 Å². The van der Waals surface area contributed by atoms with Gasteiger partial charge >= 0.3 is 0 Å². The summed E-state index contributed by atoms with van der Waals surface area (Å²) in [6, 6.07) is 7.56. The van der Waals surface area contributed by atoms with Crippen LogP contribution in [0.1, 0.15) is 0 Å². The molecule has 0 aliphatic carbocycles. The fourth-order valence-electron chi connectivity index (χ4n) is 1.23. The molecule has 1 nitrogen and oxygen atoms in total. The minimum Gasteiger partial charge on any atom is -0.398 e. The molecular formula is C10H7BrClNS. The molecule has 1 aromatic heterocycles. The highest BCUT2D eigenvalue weighted by molar-refractivity contribution is 9.10. The molecule has 2 N–H and O–H groups in total. The third-order valence-corrected chi connectivity index (χ3v) is 3.98. The molecule has 0 bridgehead atoms. The van der Waals surface area contributed by atoms with Crippen LogP contribution in [0.2, 0.25) is 5.02 Å². The standard InChI is InChI=1S/C10H7BrClNS/c11-8-3-4-14-10(8)7-2-1-6(12)5-9(7)13/h1-5H,13H2. The van der Waals surface area contributed by atoms with Gasteiger partial charge in [-0.05, 0) is 45.6 Å². The van der Waals surface area contributed by atoms with E-state index in [9.17, 15) is 0 Å². The number of benzene rings is 1. The first-order valence-corrected chi connectivity index (χ1v) is 6.02. The second-order valence-electron chi connectivity index (χ2n) is 2.83. The maximum atomic E-state index is 5.88. The minimum absolute atomic E-state index is 0.666. The van der Waals surface area contributed by atoms with Crippen molar-refractivity contribution in [2.75, 3.05) is 5.73 Å². The average molecular weight is 289 g/mol. The number of hydrogen-bond donors (Lipinski definition) is 1. The lowest BCUT2D eigenvalue weighted by Crippen LogP contribution is -1.88. The van der Waals surface area contributed by atoms with Gasteiger partial charge in [0.05, 0.1) is 4.88 Å². The Kier molecular flexibility index (Phi) is 2.81. The van der Waals surface area contributed by atoms with E-state index in [4.69, 9.17) is 17.3 Å². The van der Waals surface area contributed by atoms with Crippen LogP contribution in [0.3, 0.4) is 0 Å². The highest BCUT2D eigenvalue weighted by atomic mass is 79.9. The third kappa shape index (κ3) is 1.80. The summed E-state index contributed by atoms with van der Waals surface area (Å²) in [6.45, 7) is 0. The Bertz CT molecular complexity index is 467. The molecule has 72 valence electrons. The Morgan fingerprint density at radius 1 is 1.29 bits per heavy atom. The van der Waals surface area contributed by atoms with Gasteiger partial charge < -0.3 is 5.73 Å². The SMILES string of the molecule is Nc1cc(Cl)ccc1-c1sccc1Br. The summed E-state index contributed by atoms with van der Waals surface area (Å²) >= 11 is 11.0. The van der Waals surface area contributed by atoms with Crippen LogP contribution in [0, 0.1) is 0 Å². The van der Waals surface area contributed by atoms with Gasteiger partial charge in [-0.3, -0.25) is 0 Å². The van der Waals surface area contributed by atoms with E-state index in [1.165, 1.54) is 0 Å². The quantitative estimate of drug-likeness (QED) is 0.773. The molecule has 14 heavy (non-hydrogen) atoms. The predicted octanol–water partition coefficient (Wildman–Crippen LogP) is 4.41. The number of nitrogens with two attached hydrogens (primary N) is 1. The predicted molar refractivity (Wildman–Crippen MR) is 66.9 cm³/mol. The number of rotatable bonds is 1. The van der Waals surface area contributed by atoms with Crippen LogP contribution in [-0.2, 0) is 0 Å². The van der Waals surface area contributed by atoms with E-state index in [0.29, 0.717) is 10.7 Å². The number of nitrogen functional groups attached to an aromatic ring is 1. The molecular weight excluding hydrogens is 282 g/mol.